The van der Waals surface area contributed by atoms with Crippen molar-refractivity contribution in [3.8, 4) is 0 Å². The Hall–Kier alpha value is -1.82. The fourth-order valence-electron chi connectivity index (χ4n) is 1.16. The van der Waals surface area contributed by atoms with Gasteiger partial charge in [-0.2, -0.15) is 4.39 Å². The molecule has 0 aliphatic rings. The van der Waals surface area contributed by atoms with Gasteiger partial charge in [0.1, 0.15) is 4.88 Å². The highest BCUT2D eigenvalue weighted by atomic mass is 32.1. The Morgan fingerprint density at radius 1 is 1.44 bits per heavy atom. The highest BCUT2D eigenvalue weighted by molar-refractivity contribution is 7.12. The predicted molar refractivity (Wildman–Crippen MR) is 59.0 cm³/mol. The molecule has 2 heterocycles. The van der Waals surface area contributed by atoms with Gasteiger partial charge < -0.3 is 5.32 Å². The average Bonchev–Trinajstić information content (AvgIpc) is 2.68. The number of amides is 1. The topological polar surface area (TPSA) is 54.9 Å². The maximum Gasteiger partial charge on any atom is 0.267 e. The first kappa shape index (κ1) is 10.7. The Bertz CT molecular complexity index is 509. The first-order chi connectivity index (χ1) is 7.66. The zero-order valence-electron chi connectivity index (χ0n) is 8.40. The van der Waals surface area contributed by atoms with Crippen LogP contribution in [0.1, 0.15) is 15.4 Å². The Labute approximate surface area is 95.2 Å². The van der Waals surface area contributed by atoms with Crippen LogP contribution in [0, 0.1) is 12.9 Å². The molecular formula is C10H8FN3OS. The van der Waals surface area contributed by atoms with E-state index in [2.05, 4.69) is 15.3 Å². The number of carbonyl (C=O) groups excluding carboxylic acids is 1. The van der Waals surface area contributed by atoms with E-state index < -0.39 is 5.95 Å². The van der Waals surface area contributed by atoms with Crippen molar-refractivity contribution in [3.05, 3.63) is 40.4 Å². The summed E-state index contributed by atoms with van der Waals surface area (Å²) in [5.41, 5.74) is 2.74. The fraction of sp³-hybridized carbons (Fsp3) is 0.100. The van der Waals surface area contributed by atoms with E-state index in [1.54, 1.807) is 12.4 Å². The van der Waals surface area contributed by atoms with Crippen LogP contribution in [0.2, 0.25) is 0 Å². The van der Waals surface area contributed by atoms with Gasteiger partial charge in [-0.1, -0.05) is 0 Å². The molecule has 16 heavy (non-hydrogen) atoms. The normalized spacial score (nSPS) is 10.1. The van der Waals surface area contributed by atoms with Gasteiger partial charge in [0.2, 0.25) is 5.95 Å². The van der Waals surface area contributed by atoms with E-state index in [4.69, 9.17) is 0 Å². The van der Waals surface area contributed by atoms with Gasteiger partial charge >= 0.3 is 0 Å². The molecule has 0 aliphatic carbocycles. The van der Waals surface area contributed by atoms with Crippen molar-refractivity contribution in [2.75, 3.05) is 5.32 Å². The zero-order valence-corrected chi connectivity index (χ0v) is 9.21. The SMILES string of the molecule is Cc1ncsc1C(=O)Nc1ccc(F)nc1. The smallest absolute Gasteiger partial charge is 0.267 e. The van der Waals surface area contributed by atoms with Gasteiger partial charge in [0, 0.05) is 0 Å². The third-order valence-corrected chi connectivity index (χ3v) is 2.86. The summed E-state index contributed by atoms with van der Waals surface area (Å²) in [6.07, 6.45) is 1.27. The van der Waals surface area contributed by atoms with Gasteiger partial charge in [0.05, 0.1) is 23.1 Å². The van der Waals surface area contributed by atoms with Crippen molar-refractivity contribution < 1.29 is 9.18 Å². The van der Waals surface area contributed by atoms with Gasteiger partial charge in [0.25, 0.3) is 5.91 Å². The lowest BCUT2D eigenvalue weighted by atomic mass is 10.3. The molecule has 2 aromatic rings. The Morgan fingerprint density at radius 2 is 2.25 bits per heavy atom. The molecule has 0 aliphatic heterocycles. The van der Waals surface area contributed by atoms with Gasteiger partial charge in [-0.05, 0) is 19.1 Å². The van der Waals surface area contributed by atoms with Crippen LogP contribution in [-0.4, -0.2) is 15.9 Å². The van der Waals surface area contributed by atoms with Crippen molar-refractivity contribution in [1.29, 1.82) is 0 Å². The second-order valence-electron chi connectivity index (χ2n) is 3.09. The summed E-state index contributed by atoms with van der Waals surface area (Å²) in [7, 11) is 0. The van der Waals surface area contributed by atoms with E-state index in [1.165, 1.54) is 29.7 Å². The molecule has 0 fully saturated rings. The number of aryl methyl sites for hydroxylation is 1. The minimum Gasteiger partial charge on any atom is -0.320 e. The standard InChI is InChI=1S/C10H8FN3OS/c1-6-9(16-5-13-6)10(15)14-7-2-3-8(11)12-4-7/h2-5H,1H3,(H,14,15). The molecule has 82 valence electrons. The van der Waals surface area contributed by atoms with E-state index >= 15 is 0 Å². The van der Waals surface area contributed by atoms with Crippen LogP contribution in [0.25, 0.3) is 0 Å². The minimum atomic E-state index is -0.577. The molecule has 0 saturated heterocycles. The maximum atomic E-state index is 12.5. The molecule has 0 radical (unpaired) electrons. The third-order valence-electron chi connectivity index (χ3n) is 1.94. The number of nitrogens with zero attached hydrogens (tertiary/aromatic N) is 2. The van der Waals surface area contributed by atoms with Crippen LogP contribution in [0.4, 0.5) is 10.1 Å². The molecule has 6 heteroatoms. The molecule has 1 N–H and O–H groups in total. The third kappa shape index (κ3) is 2.22. The van der Waals surface area contributed by atoms with Gasteiger partial charge in [0.15, 0.2) is 0 Å². The number of aromatic nitrogens is 2. The summed E-state index contributed by atoms with van der Waals surface area (Å²) in [5.74, 6) is -0.833. The lowest BCUT2D eigenvalue weighted by Gasteiger charge is -2.02. The van der Waals surface area contributed by atoms with Gasteiger partial charge in [-0.15, -0.1) is 11.3 Å². The average molecular weight is 237 g/mol. The van der Waals surface area contributed by atoms with E-state index in [0.29, 0.717) is 16.3 Å². The Kier molecular flexibility index (Phi) is 2.91. The van der Waals surface area contributed by atoms with Crippen LogP contribution >= 0.6 is 11.3 Å². The summed E-state index contributed by atoms with van der Waals surface area (Å²) in [5, 5.41) is 2.61. The van der Waals surface area contributed by atoms with Crippen LogP contribution in [0.15, 0.2) is 23.8 Å². The molecular weight excluding hydrogens is 229 g/mol. The predicted octanol–water partition coefficient (Wildman–Crippen LogP) is 2.24. The quantitative estimate of drug-likeness (QED) is 0.815. The summed E-state index contributed by atoms with van der Waals surface area (Å²) < 4.78 is 12.5. The number of pyridine rings is 1. The van der Waals surface area contributed by atoms with Crippen molar-refractivity contribution in [2.45, 2.75) is 6.92 Å². The number of thiazole rings is 1. The molecule has 2 aromatic heterocycles. The van der Waals surface area contributed by atoms with Crippen LogP contribution in [0.5, 0.6) is 0 Å². The molecule has 4 nitrogen and oxygen atoms in total. The molecule has 0 spiro atoms. The highest BCUT2D eigenvalue weighted by Crippen LogP contribution is 2.14. The van der Waals surface area contributed by atoms with E-state index in [9.17, 15) is 9.18 Å². The summed E-state index contributed by atoms with van der Waals surface area (Å²) in [6, 6.07) is 2.64. The molecule has 0 aromatic carbocycles. The first-order valence-electron chi connectivity index (χ1n) is 4.50. The first-order valence-corrected chi connectivity index (χ1v) is 5.38. The molecule has 0 atom stereocenters. The highest BCUT2D eigenvalue weighted by Gasteiger charge is 2.11. The largest absolute Gasteiger partial charge is 0.320 e. The van der Waals surface area contributed by atoms with Crippen molar-refractivity contribution in [3.63, 3.8) is 0 Å². The maximum absolute atomic E-state index is 12.5. The monoisotopic (exact) mass is 237 g/mol. The van der Waals surface area contributed by atoms with E-state index in [-0.39, 0.29) is 5.91 Å². The zero-order chi connectivity index (χ0) is 11.5. The number of rotatable bonds is 2. The summed E-state index contributed by atoms with van der Waals surface area (Å²) >= 11 is 1.26. The summed E-state index contributed by atoms with van der Waals surface area (Å²) in [6.45, 7) is 1.76. The van der Waals surface area contributed by atoms with E-state index in [0.717, 1.165) is 0 Å². The van der Waals surface area contributed by atoms with Gasteiger partial charge in [-0.3, -0.25) is 4.79 Å². The Balaban J connectivity index is 2.14. The second kappa shape index (κ2) is 4.36. The van der Waals surface area contributed by atoms with Crippen LogP contribution in [0.3, 0.4) is 0 Å². The number of hydrogen-bond acceptors (Lipinski definition) is 4. The number of carbonyl (C=O) groups is 1. The molecule has 0 unspecified atom stereocenters. The minimum absolute atomic E-state index is 0.256. The molecule has 1 amide bonds. The van der Waals surface area contributed by atoms with Crippen LogP contribution in [-0.2, 0) is 0 Å². The molecule has 2 rings (SSSR count). The van der Waals surface area contributed by atoms with Gasteiger partial charge in [-0.25, -0.2) is 9.97 Å². The Morgan fingerprint density at radius 3 is 2.81 bits per heavy atom. The lowest BCUT2D eigenvalue weighted by molar-refractivity contribution is 0.102. The lowest BCUT2D eigenvalue weighted by Crippen LogP contribution is -2.11. The number of halogens is 1. The number of anilines is 1. The van der Waals surface area contributed by atoms with Crippen molar-refractivity contribution in [2.24, 2.45) is 0 Å². The number of hydrogen-bond donors (Lipinski definition) is 1. The number of nitrogens with one attached hydrogen (secondary N) is 1. The van der Waals surface area contributed by atoms with Crippen molar-refractivity contribution >= 4 is 22.9 Å². The van der Waals surface area contributed by atoms with Crippen molar-refractivity contribution in [1.82, 2.24) is 9.97 Å². The molecule has 0 bridgehead atoms. The van der Waals surface area contributed by atoms with Crippen LogP contribution < -0.4 is 5.32 Å². The second-order valence-corrected chi connectivity index (χ2v) is 3.95. The molecule has 0 saturated carbocycles. The van der Waals surface area contributed by atoms with E-state index in [1.807, 2.05) is 0 Å². The summed E-state index contributed by atoms with van der Waals surface area (Å²) in [4.78, 5) is 19.7. The fourth-order valence-corrected chi connectivity index (χ4v) is 1.86.